The number of nitrogens with two attached hydrogens (primary N) is 1. The number of benzene rings is 1. The molecule has 0 aliphatic heterocycles. The Kier molecular flexibility index (Phi) is 3.91. The van der Waals surface area contributed by atoms with Crippen LogP contribution in [0.4, 0.5) is 5.69 Å². The topological polar surface area (TPSA) is 64.3 Å². The maximum atomic E-state index is 11.4. The molecular weight excluding hydrogens is 248 g/mol. The average molecular weight is 259 g/mol. The Morgan fingerprint density at radius 2 is 2.36 bits per heavy atom. The fraction of sp³-hybridized carbons (Fsp3) is 0.222. The van der Waals surface area contributed by atoms with Gasteiger partial charge in [-0.25, -0.2) is 4.79 Å². The minimum absolute atomic E-state index is 0.353. The van der Waals surface area contributed by atoms with Gasteiger partial charge in [0.25, 0.3) is 0 Å². The van der Waals surface area contributed by atoms with Crippen molar-refractivity contribution in [2.24, 2.45) is 5.84 Å². The third-order valence-electron chi connectivity index (χ3n) is 1.63. The Hall–Kier alpha value is -1.07. The highest BCUT2D eigenvalue weighted by Crippen LogP contribution is 2.21. The Labute approximate surface area is 90.5 Å². The molecular formula is C9H11BrN2O2. The lowest BCUT2D eigenvalue weighted by Gasteiger charge is -2.06. The van der Waals surface area contributed by atoms with Gasteiger partial charge >= 0.3 is 5.97 Å². The van der Waals surface area contributed by atoms with Gasteiger partial charge < -0.3 is 10.2 Å². The van der Waals surface area contributed by atoms with Crippen LogP contribution >= 0.6 is 15.9 Å². The molecule has 76 valence electrons. The van der Waals surface area contributed by atoms with Crippen LogP contribution < -0.4 is 11.3 Å². The van der Waals surface area contributed by atoms with Gasteiger partial charge in [0.05, 0.1) is 12.2 Å². The molecule has 0 heterocycles. The highest BCUT2D eigenvalue weighted by molar-refractivity contribution is 9.10. The predicted molar refractivity (Wildman–Crippen MR) is 57.9 cm³/mol. The molecule has 0 aromatic heterocycles. The van der Waals surface area contributed by atoms with E-state index in [1.807, 2.05) is 0 Å². The van der Waals surface area contributed by atoms with Crippen LogP contribution in [0.15, 0.2) is 22.7 Å². The normalized spacial score (nSPS) is 9.64. The Morgan fingerprint density at radius 3 is 2.93 bits per heavy atom. The second-order valence-electron chi connectivity index (χ2n) is 2.56. The SMILES string of the molecule is CCOC(=O)c1cc(NN)ccc1Br. The molecule has 5 heteroatoms. The lowest BCUT2D eigenvalue weighted by Crippen LogP contribution is -2.10. The van der Waals surface area contributed by atoms with Crippen molar-refractivity contribution in [2.75, 3.05) is 12.0 Å². The van der Waals surface area contributed by atoms with E-state index in [-0.39, 0.29) is 5.97 Å². The standard InChI is InChI=1S/C9H11BrN2O2/c1-2-14-9(13)7-5-6(12-11)3-4-8(7)10/h3-5,12H,2,11H2,1H3. The van der Waals surface area contributed by atoms with E-state index in [2.05, 4.69) is 21.4 Å². The molecule has 0 unspecified atom stereocenters. The summed E-state index contributed by atoms with van der Waals surface area (Å²) in [6, 6.07) is 5.12. The number of carbonyl (C=O) groups excluding carboxylic acids is 1. The summed E-state index contributed by atoms with van der Waals surface area (Å²) >= 11 is 3.26. The maximum Gasteiger partial charge on any atom is 0.339 e. The Balaban J connectivity index is 2.99. The number of hydrazine groups is 1. The third kappa shape index (κ3) is 2.46. The number of ether oxygens (including phenoxy) is 1. The fourth-order valence-electron chi connectivity index (χ4n) is 0.980. The summed E-state index contributed by atoms with van der Waals surface area (Å²) < 4.78 is 5.56. The number of halogens is 1. The summed E-state index contributed by atoms with van der Waals surface area (Å²) in [5, 5.41) is 0. The summed E-state index contributed by atoms with van der Waals surface area (Å²) in [4.78, 5) is 11.4. The average Bonchev–Trinajstić information content (AvgIpc) is 2.19. The Morgan fingerprint density at radius 1 is 1.64 bits per heavy atom. The summed E-state index contributed by atoms with van der Waals surface area (Å²) in [6.07, 6.45) is 0. The van der Waals surface area contributed by atoms with Gasteiger partial charge in [0.15, 0.2) is 0 Å². The quantitative estimate of drug-likeness (QED) is 0.494. The fourth-order valence-corrected chi connectivity index (χ4v) is 1.39. The number of nitrogens with one attached hydrogen (secondary N) is 1. The summed E-state index contributed by atoms with van der Waals surface area (Å²) in [7, 11) is 0. The second kappa shape index (κ2) is 4.97. The number of anilines is 1. The molecule has 0 fully saturated rings. The van der Waals surface area contributed by atoms with E-state index in [0.717, 1.165) is 0 Å². The highest BCUT2D eigenvalue weighted by Gasteiger charge is 2.11. The molecule has 0 radical (unpaired) electrons. The number of hydrogen-bond donors (Lipinski definition) is 2. The van der Waals surface area contributed by atoms with E-state index in [1.54, 1.807) is 25.1 Å². The second-order valence-corrected chi connectivity index (χ2v) is 3.41. The van der Waals surface area contributed by atoms with Crippen LogP contribution in [0.25, 0.3) is 0 Å². The molecule has 0 saturated carbocycles. The van der Waals surface area contributed by atoms with E-state index in [0.29, 0.717) is 22.3 Å². The first-order valence-corrected chi connectivity index (χ1v) is 4.91. The zero-order valence-electron chi connectivity index (χ0n) is 7.71. The molecule has 0 aliphatic carbocycles. The van der Waals surface area contributed by atoms with Crippen LogP contribution in [-0.2, 0) is 4.74 Å². The van der Waals surface area contributed by atoms with Crippen LogP contribution in [0.1, 0.15) is 17.3 Å². The van der Waals surface area contributed by atoms with E-state index in [9.17, 15) is 4.79 Å². The van der Waals surface area contributed by atoms with Crippen molar-refractivity contribution >= 4 is 27.6 Å². The molecule has 0 amide bonds. The van der Waals surface area contributed by atoms with Gasteiger partial charge in [-0.05, 0) is 41.1 Å². The van der Waals surface area contributed by atoms with Crippen molar-refractivity contribution < 1.29 is 9.53 Å². The van der Waals surface area contributed by atoms with Crippen LogP contribution in [0, 0.1) is 0 Å². The maximum absolute atomic E-state index is 11.4. The first kappa shape index (κ1) is 11.0. The molecule has 1 aromatic carbocycles. The van der Waals surface area contributed by atoms with Crippen LogP contribution in [0.2, 0.25) is 0 Å². The van der Waals surface area contributed by atoms with Crippen LogP contribution in [0.3, 0.4) is 0 Å². The molecule has 14 heavy (non-hydrogen) atoms. The first-order valence-electron chi connectivity index (χ1n) is 4.12. The first-order chi connectivity index (χ1) is 6.69. The summed E-state index contributed by atoms with van der Waals surface area (Å²) in [5.74, 6) is 4.86. The predicted octanol–water partition coefficient (Wildman–Crippen LogP) is 1.91. The van der Waals surface area contributed by atoms with E-state index in [1.165, 1.54) is 0 Å². The lowest BCUT2D eigenvalue weighted by atomic mass is 10.2. The van der Waals surface area contributed by atoms with Gasteiger partial charge in [0, 0.05) is 10.2 Å². The van der Waals surface area contributed by atoms with Crippen LogP contribution in [-0.4, -0.2) is 12.6 Å². The van der Waals surface area contributed by atoms with Crippen LogP contribution in [0.5, 0.6) is 0 Å². The van der Waals surface area contributed by atoms with Gasteiger partial charge in [-0.3, -0.25) is 5.84 Å². The number of hydrogen-bond acceptors (Lipinski definition) is 4. The molecule has 0 aliphatic rings. The van der Waals surface area contributed by atoms with Gasteiger partial charge in [0.1, 0.15) is 0 Å². The van der Waals surface area contributed by atoms with Crippen molar-refractivity contribution in [3.8, 4) is 0 Å². The molecule has 4 nitrogen and oxygen atoms in total. The number of carbonyl (C=O) groups is 1. The minimum atomic E-state index is -0.364. The molecule has 1 aromatic rings. The van der Waals surface area contributed by atoms with E-state index < -0.39 is 0 Å². The zero-order valence-corrected chi connectivity index (χ0v) is 9.30. The largest absolute Gasteiger partial charge is 0.462 e. The van der Waals surface area contributed by atoms with Gasteiger partial charge in [-0.15, -0.1) is 0 Å². The number of esters is 1. The minimum Gasteiger partial charge on any atom is -0.462 e. The molecule has 3 N–H and O–H groups in total. The van der Waals surface area contributed by atoms with E-state index in [4.69, 9.17) is 10.6 Å². The van der Waals surface area contributed by atoms with Gasteiger partial charge in [-0.2, -0.15) is 0 Å². The van der Waals surface area contributed by atoms with Crippen molar-refractivity contribution in [3.05, 3.63) is 28.2 Å². The molecule has 0 bridgehead atoms. The summed E-state index contributed by atoms with van der Waals surface area (Å²) in [5.41, 5.74) is 3.59. The zero-order chi connectivity index (χ0) is 10.6. The van der Waals surface area contributed by atoms with Gasteiger partial charge in [-0.1, -0.05) is 0 Å². The van der Waals surface area contributed by atoms with E-state index >= 15 is 0 Å². The lowest BCUT2D eigenvalue weighted by molar-refractivity contribution is 0.0525. The van der Waals surface area contributed by atoms with Crippen molar-refractivity contribution in [2.45, 2.75) is 6.92 Å². The smallest absolute Gasteiger partial charge is 0.339 e. The van der Waals surface area contributed by atoms with Crippen molar-refractivity contribution in [1.29, 1.82) is 0 Å². The molecule has 0 spiro atoms. The number of nitrogen functional groups attached to an aromatic ring is 1. The Bertz CT molecular complexity index is 342. The molecule has 1 rings (SSSR count). The molecule has 0 saturated heterocycles. The van der Waals surface area contributed by atoms with Gasteiger partial charge in [0.2, 0.25) is 0 Å². The highest BCUT2D eigenvalue weighted by atomic mass is 79.9. The third-order valence-corrected chi connectivity index (χ3v) is 2.32. The number of rotatable bonds is 3. The van der Waals surface area contributed by atoms with Crippen molar-refractivity contribution in [3.63, 3.8) is 0 Å². The summed E-state index contributed by atoms with van der Waals surface area (Å²) in [6.45, 7) is 2.11. The molecule has 0 atom stereocenters. The van der Waals surface area contributed by atoms with Crippen molar-refractivity contribution in [1.82, 2.24) is 0 Å². The monoisotopic (exact) mass is 258 g/mol.